The highest BCUT2D eigenvalue weighted by Crippen LogP contribution is 2.34. The van der Waals surface area contributed by atoms with E-state index in [1.165, 1.54) is 38.5 Å². The normalized spacial score (nSPS) is 17.9. The fourth-order valence-electron chi connectivity index (χ4n) is 5.64. The summed E-state index contributed by atoms with van der Waals surface area (Å²) in [5.41, 5.74) is 3.20. The first kappa shape index (κ1) is 22.7. The number of carbonyl (C=O) groups is 1. The van der Waals surface area contributed by atoms with Crippen LogP contribution in [0.25, 0.3) is 22.2 Å². The van der Waals surface area contributed by atoms with Gasteiger partial charge in [-0.3, -0.25) is 4.79 Å². The number of rotatable bonds is 4. The van der Waals surface area contributed by atoms with Gasteiger partial charge in [-0.2, -0.15) is 0 Å². The summed E-state index contributed by atoms with van der Waals surface area (Å²) < 4.78 is 0. The van der Waals surface area contributed by atoms with Gasteiger partial charge in [0, 0.05) is 23.0 Å². The highest BCUT2D eigenvalue weighted by atomic mass is 35.5. The second kappa shape index (κ2) is 10.0. The number of benzene rings is 2. The predicted octanol–water partition coefficient (Wildman–Crippen LogP) is 8.32. The highest BCUT2D eigenvalue weighted by molar-refractivity contribution is 6.42. The summed E-state index contributed by atoms with van der Waals surface area (Å²) in [6.45, 7) is 0. The molecule has 0 radical (unpaired) electrons. The molecular weight excluding hydrogens is 451 g/mol. The standard InChI is InChI=1S/C28H30Cl2N2O/c29-24-16-15-19(17-25(24)30)27-18-23(22-13-7-8-14-26(22)31-27)28(33)32(20-9-3-1-4-10-20)21-11-5-2-6-12-21/h7-8,13-18,20-21H,1-6,9-12H2. The Bertz CT molecular complexity index is 1130. The minimum Gasteiger partial charge on any atom is -0.333 e. The van der Waals surface area contributed by atoms with Crippen LogP contribution in [0.1, 0.15) is 74.6 Å². The fraction of sp³-hybridized carbons (Fsp3) is 0.429. The van der Waals surface area contributed by atoms with Crippen molar-refractivity contribution in [1.29, 1.82) is 0 Å². The Morgan fingerprint density at radius 3 is 2.06 bits per heavy atom. The average Bonchev–Trinajstić information content (AvgIpc) is 2.86. The van der Waals surface area contributed by atoms with Crippen molar-refractivity contribution in [3.8, 4) is 11.3 Å². The number of nitrogens with zero attached hydrogens (tertiary/aromatic N) is 2. The molecule has 0 spiro atoms. The largest absolute Gasteiger partial charge is 0.333 e. The number of aromatic nitrogens is 1. The van der Waals surface area contributed by atoms with Crippen molar-refractivity contribution in [3.05, 3.63) is 64.1 Å². The number of hydrogen-bond donors (Lipinski definition) is 0. The van der Waals surface area contributed by atoms with Crippen molar-refractivity contribution in [2.45, 2.75) is 76.3 Å². The minimum absolute atomic E-state index is 0.161. The Hall–Kier alpha value is -2.10. The second-order valence-electron chi connectivity index (χ2n) is 9.50. The first-order valence-electron chi connectivity index (χ1n) is 12.3. The Balaban J connectivity index is 1.61. The van der Waals surface area contributed by atoms with Crippen LogP contribution in [0.2, 0.25) is 10.0 Å². The molecule has 0 N–H and O–H groups in total. The number of pyridine rings is 1. The van der Waals surface area contributed by atoms with Crippen molar-refractivity contribution < 1.29 is 4.79 Å². The number of hydrogen-bond acceptors (Lipinski definition) is 2. The van der Waals surface area contributed by atoms with Gasteiger partial charge in [0.15, 0.2) is 0 Å². The monoisotopic (exact) mass is 480 g/mol. The molecule has 2 aromatic carbocycles. The Kier molecular flexibility index (Phi) is 6.89. The lowest BCUT2D eigenvalue weighted by atomic mass is 9.87. The van der Waals surface area contributed by atoms with Gasteiger partial charge >= 0.3 is 0 Å². The summed E-state index contributed by atoms with van der Waals surface area (Å²) in [5.74, 6) is 0.161. The van der Waals surface area contributed by atoms with Gasteiger partial charge in [0.1, 0.15) is 0 Å². The summed E-state index contributed by atoms with van der Waals surface area (Å²) in [5, 5.41) is 1.92. The third-order valence-electron chi connectivity index (χ3n) is 7.33. The quantitative estimate of drug-likeness (QED) is 0.375. The zero-order chi connectivity index (χ0) is 22.8. The maximum absolute atomic E-state index is 14.3. The summed E-state index contributed by atoms with van der Waals surface area (Å²) in [4.78, 5) is 21.5. The van der Waals surface area contributed by atoms with E-state index in [0.717, 1.165) is 53.4 Å². The van der Waals surface area contributed by atoms with Gasteiger partial charge in [0.2, 0.25) is 0 Å². The molecule has 0 bridgehead atoms. The number of fused-ring (bicyclic) bond motifs is 1. The van der Waals surface area contributed by atoms with Gasteiger partial charge in [-0.25, -0.2) is 4.98 Å². The number of para-hydroxylation sites is 1. The van der Waals surface area contributed by atoms with Crippen LogP contribution in [-0.2, 0) is 0 Å². The van der Waals surface area contributed by atoms with Crippen molar-refractivity contribution in [3.63, 3.8) is 0 Å². The summed E-state index contributed by atoms with van der Waals surface area (Å²) in [6, 6.07) is 16.1. The lowest BCUT2D eigenvalue weighted by Crippen LogP contribution is -2.48. The van der Waals surface area contributed by atoms with Crippen LogP contribution in [-0.4, -0.2) is 27.9 Å². The molecule has 2 aliphatic rings. The van der Waals surface area contributed by atoms with E-state index in [9.17, 15) is 4.79 Å². The molecule has 5 rings (SSSR count). The molecule has 5 heteroatoms. The van der Waals surface area contributed by atoms with E-state index in [2.05, 4.69) is 4.90 Å². The molecule has 2 fully saturated rings. The first-order valence-corrected chi connectivity index (χ1v) is 13.1. The predicted molar refractivity (Wildman–Crippen MR) is 137 cm³/mol. The minimum atomic E-state index is 0.161. The van der Waals surface area contributed by atoms with Crippen LogP contribution < -0.4 is 0 Å². The van der Waals surface area contributed by atoms with Crippen LogP contribution in [0.3, 0.4) is 0 Å². The number of halogens is 2. The van der Waals surface area contributed by atoms with Gasteiger partial charge in [-0.1, -0.05) is 86.0 Å². The van der Waals surface area contributed by atoms with E-state index in [0.29, 0.717) is 22.1 Å². The Labute approximate surface area is 206 Å². The molecule has 33 heavy (non-hydrogen) atoms. The number of carbonyl (C=O) groups excluding carboxylic acids is 1. The molecule has 2 saturated carbocycles. The van der Waals surface area contributed by atoms with Gasteiger partial charge in [0.25, 0.3) is 5.91 Å². The molecule has 0 aliphatic heterocycles. The molecule has 0 unspecified atom stereocenters. The van der Waals surface area contributed by atoms with E-state index < -0.39 is 0 Å². The van der Waals surface area contributed by atoms with Crippen LogP contribution in [0.15, 0.2) is 48.5 Å². The lowest BCUT2D eigenvalue weighted by Gasteiger charge is -2.42. The molecule has 0 atom stereocenters. The molecule has 3 nitrogen and oxygen atoms in total. The third-order valence-corrected chi connectivity index (χ3v) is 8.07. The average molecular weight is 481 g/mol. The first-order chi connectivity index (χ1) is 16.1. The maximum Gasteiger partial charge on any atom is 0.255 e. The Morgan fingerprint density at radius 2 is 1.42 bits per heavy atom. The molecular formula is C28H30Cl2N2O. The topological polar surface area (TPSA) is 33.2 Å². The second-order valence-corrected chi connectivity index (χ2v) is 10.3. The van der Waals surface area contributed by atoms with Crippen LogP contribution >= 0.6 is 23.2 Å². The van der Waals surface area contributed by atoms with Gasteiger partial charge in [0.05, 0.1) is 26.8 Å². The molecule has 0 saturated heterocycles. The number of amides is 1. The smallest absolute Gasteiger partial charge is 0.255 e. The van der Waals surface area contributed by atoms with Crippen molar-refractivity contribution >= 4 is 40.0 Å². The zero-order valence-corrected chi connectivity index (χ0v) is 20.4. The summed E-state index contributed by atoms with van der Waals surface area (Å²) >= 11 is 12.4. The van der Waals surface area contributed by atoms with E-state index in [1.807, 2.05) is 42.5 Å². The van der Waals surface area contributed by atoms with E-state index in [-0.39, 0.29) is 5.91 Å². The van der Waals surface area contributed by atoms with Crippen LogP contribution in [0.4, 0.5) is 0 Å². The highest BCUT2D eigenvalue weighted by Gasteiger charge is 2.34. The SMILES string of the molecule is O=C(c1cc(-c2ccc(Cl)c(Cl)c2)nc2ccccc12)N(C1CCCCC1)C1CCCCC1. The summed E-state index contributed by atoms with van der Waals surface area (Å²) in [6.07, 6.45) is 11.9. The van der Waals surface area contributed by atoms with Crippen molar-refractivity contribution in [2.75, 3.05) is 0 Å². The van der Waals surface area contributed by atoms with Crippen molar-refractivity contribution in [2.24, 2.45) is 0 Å². The van der Waals surface area contributed by atoms with Crippen LogP contribution in [0.5, 0.6) is 0 Å². The zero-order valence-electron chi connectivity index (χ0n) is 18.9. The molecule has 1 heterocycles. The fourth-order valence-corrected chi connectivity index (χ4v) is 5.94. The molecule has 172 valence electrons. The third kappa shape index (κ3) is 4.76. The molecule has 3 aromatic rings. The van der Waals surface area contributed by atoms with Crippen LogP contribution in [0, 0.1) is 0 Å². The molecule has 2 aliphatic carbocycles. The van der Waals surface area contributed by atoms with E-state index in [4.69, 9.17) is 28.2 Å². The maximum atomic E-state index is 14.3. The molecule has 1 amide bonds. The Morgan fingerprint density at radius 1 is 0.788 bits per heavy atom. The summed E-state index contributed by atoms with van der Waals surface area (Å²) in [7, 11) is 0. The van der Waals surface area contributed by atoms with Gasteiger partial charge < -0.3 is 4.90 Å². The van der Waals surface area contributed by atoms with Crippen molar-refractivity contribution in [1.82, 2.24) is 9.88 Å². The van der Waals surface area contributed by atoms with E-state index in [1.54, 1.807) is 6.07 Å². The lowest BCUT2D eigenvalue weighted by molar-refractivity contribution is 0.0450. The molecule has 1 aromatic heterocycles. The van der Waals surface area contributed by atoms with E-state index >= 15 is 0 Å². The van der Waals surface area contributed by atoms with Gasteiger partial charge in [-0.05, 0) is 49.9 Å². The van der Waals surface area contributed by atoms with Gasteiger partial charge in [-0.15, -0.1) is 0 Å².